The van der Waals surface area contributed by atoms with Crippen LogP contribution in [0.3, 0.4) is 0 Å². The number of carboxylic acids is 1. The molecular weight excluding hydrogens is 334 g/mol. The predicted molar refractivity (Wildman–Crippen MR) is 99.3 cm³/mol. The monoisotopic (exact) mass is 353 g/mol. The summed E-state index contributed by atoms with van der Waals surface area (Å²) in [6.07, 6.45) is -0.982. The first-order valence-electron chi connectivity index (χ1n) is 8.22. The quantitative estimate of drug-likeness (QED) is 0.788. The van der Waals surface area contributed by atoms with Crippen molar-refractivity contribution in [3.05, 3.63) is 51.2 Å². The van der Waals surface area contributed by atoms with Crippen LogP contribution in [0.25, 0.3) is 11.1 Å². The number of hydrogen-bond acceptors (Lipinski definition) is 2. The van der Waals surface area contributed by atoms with Gasteiger partial charge in [0.05, 0.1) is 25.9 Å². The van der Waals surface area contributed by atoms with E-state index in [1.807, 2.05) is 25.1 Å². The van der Waals surface area contributed by atoms with Crippen LogP contribution in [0.5, 0.6) is 0 Å². The molecule has 1 aromatic rings. The summed E-state index contributed by atoms with van der Waals surface area (Å²) in [7, 11) is -1.93. The van der Waals surface area contributed by atoms with Crippen LogP contribution >= 0.6 is 0 Å². The van der Waals surface area contributed by atoms with Crippen LogP contribution in [0, 0.1) is 0 Å². The highest BCUT2D eigenvalue weighted by Gasteiger charge is 2.46. The van der Waals surface area contributed by atoms with Gasteiger partial charge in [-0.05, 0) is 46.0 Å². The van der Waals surface area contributed by atoms with Gasteiger partial charge in [0.1, 0.15) is 0 Å². The topological polar surface area (TPSA) is 77.8 Å². The first-order chi connectivity index (χ1) is 11.6. The summed E-state index contributed by atoms with van der Waals surface area (Å²) < 4.78 is 0. The summed E-state index contributed by atoms with van der Waals surface area (Å²) >= 11 is 0. The Morgan fingerprint density at radius 2 is 1.80 bits per heavy atom. The number of allylic oxidation sites excluding steroid dienone is 3. The minimum Gasteiger partial charge on any atom is -0.478 e. The van der Waals surface area contributed by atoms with Gasteiger partial charge in [-0.1, -0.05) is 31.8 Å². The van der Waals surface area contributed by atoms with Gasteiger partial charge in [-0.3, -0.25) is 4.90 Å². The van der Waals surface area contributed by atoms with E-state index in [1.165, 1.54) is 4.90 Å². The highest BCUT2D eigenvalue weighted by Crippen LogP contribution is 2.58. The molecule has 3 aliphatic rings. The highest BCUT2D eigenvalue weighted by molar-refractivity contribution is 6.86. The summed E-state index contributed by atoms with van der Waals surface area (Å²) in [5.41, 5.74) is 6.77. The van der Waals surface area contributed by atoms with Crippen molar-refractivity contribution >= 4 is 37.0 Å². The van der Waals surface area contributed by atoms with Crippen LogP contribution in [0.1, 0.15) is 18.1 Å². The van der Waals surface area contributed by atoms with Crippen LogP contribution in [-0.4, -0.2) is 36.9 Å². The molecule has 5 nitrogen and oxygen atoms in total. The molecule has 0 fully saturated rings. The summed E-state index contributed by atoms with van der Waals surface area (Å²) in [6.45, 7) is 8.61. The molecule has 6 heteroatoms. The van der Waals surface area contributed by atoms with Gasteiger partial charge in [0, 0.05) is 5.56 Å². The fourth-order valence-electron chi connectivity index (χ4n) is 4.40. The predicted octanol–water partition coefficient (Wildman–Crippen LogP) is 4.00. The Morgan fingerprint density at radius 1 is 1.12 bits per heavy atom. The maximum atomic E-state index is 12.0. The van der Waals surface area contributed by atoms with E-state index in [1.54, 1.807) is 0 Å². The molecule has 0 unspecified atom stereocenters. The molecular formula is C19H19NO4Si. The number of amides is 1. The van der Waals surface area contributed by atoms with Crippen molar-refractivity contribution in [2.45, 2.75) is 26.6 Å². The molecule has 1 heterocycles. The zero-order chi connectivity index (χ0) is 18.3. The Balaban J connectivity index is 2.11. The van der Waals surface area contributed by atoms with Crippen molar-refractivity contribution in [1.29, 1.82) is 0 Å². The van der Waals surface area contributed by atoms with Gasteiger partial charge in [0.2, 0.25) is 0 Å². The standard InChI is InChI=1S/C19H19NO4Si/c1-9-13-11-8-20(19(23)24)12-7-5-6-10(15(11)12)16(13)17(25(2,3)4)14(9)18(21)22/h5-7H,8H2,1-4H3,(H,21,22)(H,23,24). The third kappa shape index (κ3) is 1.88. The van der Waals surface area contributed by atoms with Crippen LogP contribution in [0.15, 0.2) is 40.1 Å². The first-order valence-corrected chi connectivity index (χ1v) is 11.7. The lowest BCUT2D eigenvalue weighted by molar-refractivity contribution is -0.132. The summed E-state index contributed by atoms with van der Waals surface area (Å²) in [5, 5.41) is 20.3. The van der Waals surface area contributed by atoms with E-state index in [2.05, 4.69) is 19.6 Å². The van der Waals surface area contributed by atoms with Gasteiger partial charge < -0.3 is 10.2 Å². The van der Waals surface area contributed by atoms with E-state index < -0.39 is 20.1 Å². The van der Waals surface area contributed by atoms with Crippen molar-refractivity contribution in [2.75, 3.05) is 11.4 Å². The molecule has 0 aromatic heterocycles. The fraction of sp³-hybridized carbons (Fsp3) is 0.263. The smallest absolute Gasteiger partial charge is 0.412 e. The number of rotatable bonds is 2. The second-order valence-corrected chi connectivity index (χ2v) is 12.7. The number of carboxylic acid groups (broad SMARTS) is 2. The molecule has 1 aromatic carbocycles. The number of fused-ring (bicyclic) bond motifs is 2. The molecule has 0 saturated carbocycles. The van der Waals surface area contributed by atoms with Gasteiger partial charge in [-0.2, -0.15) is 0 Å². The zero-order valence-electron chi connectivity index (χ0n) is 14.6. The van der Waals surface area contributed by atoms with Gasteiger partial charge in [0.15, 0.2) is 0 Å². The van der Waals surface area contributed by atoms with E-state index >= 15 is 0 Å². The minimum absolute atomic E-state index is 0.281. The van der Waals surface area contributed by atoms with Crippen molar-refractivity contribution in [1.82, 2.24) is 0 Å². The fourth-order valence-corrected chi connectivity index (χ4v) is 6.46. The Morgan fingerprint density at radius 3 is 2.36 bits per heavy atom. The van der Waals surface area contributed by atoms with Crippen LogP contribution in [0.4, 0.5) is 10.5 Å². The lowest BCUT2D eigenvalue weighted by Crippen LogP contribution is -2.28. The highest BCUT2D eigenvalue weighted by atomic mass is 28.3. The summed E-state index contributed by atoms with van der Waals surface area (Å²) in [6, 6.07) is 5.68. The molecule has 0 bridgehead atoms. The molecule has 1 aliphatic heterocycles. The number of nitrogens with zero attached hydrogens (tertiary/aromatic N) is 1. The summed E-state index contributed by atoms with van der Waals surface area (Å²) in [4.78, 5) is 24.9. The van der Waals surface area contributed by atoms with Gasteiger partial charge in [-0.15, -0.1) is 0 Å². The number of carbonyl (C=O) groups is 2. The summed E-state index contributed by atoms with van der Waals surface area (Å²) in [5.74, 6) is -0.893. The SMILES string of the molecule is CC1=C(C(=O)O)C([Si](C)(C)C)=C2C1=C1CN(C(=O)O)c3cccc2c31. The van der Waals surface area contributed by atoms with Crippen LogP contribution in [-0.2, 0) is 4.79 Å². The van der Waals surface area contributed by atoms with E-state index in [0.29, 0.717) is 11.3 Å². The molecule has 0 radical (unpaired) electrons. The van der Waals surface area contributed by atoms with Crippen molar-refractivity contribution < 1.29 is 19.8 Å². The van der Waals surface area contributed by atoms with E-state index in [0.717, 1.165) is 38.6 Å². The molecule has 4 rings (SSSR count). The van der Waals surface area contributed by atoms with E-state index in [4.69, 9.17) is 0 Å². The third-order valence-electron chi connectivity index (χ3n) is 5.22. The number of hydrogen-bond donors (Lipinski definition) is 2. The minimum atomic E-state index is -1.93. The van der Waals surface area contributed by atoms with E-state index in [-0.39, 0.29) is 6.54 Å². The Bertz CT molecular complexity index is 976. The van der Waals surface area contributed by atoms with Crippen LogP contribution < -0.4 is 4.90 Å². The second-order valence-electron chi connectivity index (χ2n) is 7.73. The average Bonchev–Trinajstić information content (AvgIpc) is 3.11. The largest absolute Gasteiger partial charge is 0.478 e. The maximum Gasteiger partial charge on any atom is 0.412 e. The molecule has 0 atom stereocenters. The lowest BCUT2D eigenvalue weighted by Gasteiger charge is -2.22. The molecule has 1 amide bonds. The van der Waals surface area contributed by atoms with Crippen molar-refractivity contribution in [3.63, 3.8) is 0 Å². The molecule has 2 aliphatic carbocycles. The Labute approximate surface area is 146 Å². The second kappa shape index (κ2) is 4.73. The van der Waals surface area contributed by atoms with Crippen LogP contribution in [0.2, 0.25) is 19.6 Å². The molecule has 25 heavy (non-hydrogen) atoms. The third-order valence-corrected chi connectivity index (χ3v) is 7.22. The van der Waals surface area contributed by atoms with Crippen molar-refractivity contribution in [3.8, 4) is 0 Å². The Kier molecular flexibility index (Phi) is 3.01. The molecule has 0 saturated heterocycles. The molecule has 0 spiro atoms. The zero-order valence-corrected chi connectivity index (χ0v) is 15.6. The number of anilines is 1. The Hall–Kier alpha value is -2.60. The molecule has 2 N–H and O–H groups in total. The van der Waals surface area contributed by atoms with Gasteiger partial charge in [0.25, 0.3) is 0 Å². The number of aliphatic carboxylic acids is 1. The van der Waals surface area contributed by atoms with Gasteiger partial charge in [-0.25, -0.2) is 9.59 Å². The number of benzene rings is 1. The first kappa shape index (κ1) is 15.9. The lowest BCUT2D eigenvalue weighted by atomic mass is 10.0. The van der Waals surface area contributed by atoms with Gasteiger partial charge >= 0.3 is 12.1 Å². The van der Waals surface area contributed by atoms with E-state index in [9.17, 15) is 19.8 Å². The normalized spacial score (nSPS) is 18.3. The average molecular weight is 353 g/mol. The van der Waals surface area contributed by atoms with Crippen molar-refractivity contribution in [2.24, 2.45) is 0 Å². The molecule has 128 valence electrons. The maximum absolute atomic E-state index is 12.0.